The monoisotopic (exact) mass is 504 g/mol. The van der Waals surface area contributed by atoms with Crippen LogP contribution < -0.4 is 9.64 Å². The Bertz CT molecular complexity index is 1150. The minimum absolute atomic E-state index is 0.0406. The zero-order valence-electron chi connectivity index (χ0n) is 17.5. The van der Waals surface area contributed by atoms with Gasteiger partial charge >= 0.3 is 0 Å². The van der Waals surface area contributed by atoms with Crippen LogP contribution >= 0.6 is 15.9 Å². The largest absolute Gasteiger partial charge is 0.494 e. The molecule has 0 N–H and O–H groups in total. The predicted octanol–water partition coefficient (Wildman–Crippen LogP) is 5.57. The van der Waals surface area contributed by atoms with Gasteiger partial charge in [-0.15, -0.1) is 0 Å². The maximum absolute atomic E-state index is 13.5. The molecule has 0 atom stereocenters. The zero-order chi connectivity index (χ0) is 22.0. The molecule has 0 saturated carbocycles. The van der Waals surface area contributed by atoms with Crippen molar-refractivity contribution in [1.29, 1.82) is 0 Å². The molecule has 4 rings (SSSR count). The van der Waals surface area contributed by atoms with Gasteiger partial charge in [0.15, 0.2) is 0 Å². The van der Waals surface area contributed by atoms with Gasteiger partial charge in [-0.2, -0.15) is 4.98 Å². The molecule has 6 nitrogen and oxygen atoms in total. The molecule has 0 amide bonds. The first kappa shape index (κ1) is 21.9. The smallest absolute Gasteiger partial charge is 0.236 e. The van der Waals surface area contributed by atoms with Crippen molar-refractivity contribution in [3.05, 3.63) is 53.0 Å². The molecule has 1 fully saturated rings. The van der Waals surface area contributed by atoms with Crippen molar-refractivity contribution in [3.8, 4) is 17.2 Å². The molecule has 164 valence electrons. The molecule has 0 radical (unpaired) electrons. The quantitative estimate of drug-likeness (QED) is 0.436. The van der Waals surface area contributed by atoms with Gasteiger partial charge in [0.2, 0.25) is 26.6 Å². The second-order valence-corrected chi connectivity index (χ2v) is 10.5. The first-order valence-electron chi connectivity index (χ1n) is 10.4. The summed E-state index contributed by atoms with van der Waals surface area (Å²) in [4.78, 5) is 6.63. The van der Waals surface area contributed by atoms with Crippen molar-refractivity contribution in [1.82, 2.24) is 4.98 Å². The Balaban J connectivity index is 1.79. The summed E-state index contributed by atoms with van der Waals surface area (Å²) in [6, 6.07) is 13.9. The number of aromatic nitrogens is 1. The fourth-order valence-electron chi connectivity index (χ4n) is 3.62. The van der Waals surface area contributed by atoms with Gasteiger partial charge in [0.1, 0.15) is 5.75 Å². The van der Waals surface area contributed by atoms with Gasteiger partial charge in [-0.1, -0.05) is 28.9 Å². The van der Waals surface area contributed by atoms with Crippen molar-refractivity contribution in [3.63, 3.8) is 0 Å². The highest BCUT2D eigenvalue weighted by atomic mass is 79.9. The SMILES string of the molecule is CCOc1ccc(S(=O)(=O)c2nc(-c3cccc(Br)c3)oc2N2CCC(C)CC2)cc1. The summed E-state index contributed by atoms with van der Waals surface area (Å²) < 4.78 is 39.5. The minimum atomic E-state index is -3.88. The number of hydrogen-bond acceptors (Lipinski definition) is 6. The lowest BCUT2D eigenvalue weighted by atomic mass is 9.99. The normalized spacial score (nSPS) is 15.3. The lowest BCUT2D eigenvalue weighted by molar-refractivity contribution is 0.340. The fourth-order valence-corrected chi connectivity index (χ4v) is 5.34. The molecule has 1 saturated heterocycles. The number of benzene rings is 2. The van der Waals surface area contributed by atoms with E-state index in [0.29, 0.717) is 35.6 Å². The Hall–Kier alpha value is -2.32. The van der Waals surface area contributed by atoms with Gasteiger partial charge in [-0.25, -0.2) is 8.42 Å². The van der Waals surface area contributed by atoms with Crippen LogP contribution in [0.3, 0.4) is 0 Å². The lowest BCUT2D eigenvalue weighted by Crippen LogP contribution is -2.33. The van der Waals surface area contributed by atoms with Gasteiger partial charge in [0, 0.05) is 23.1 Å². The van der Waals surface area contributed by atoms with E-state index in [2.05, 4.69) is 27.8 Å². The summed E-state index contributed by atoms with van der Waals surface area (Å²) in [5.74, 6) is 1.84. The van der Waals surface area contributed by atoms with Crippen molar-refractivity contribution in [2.24, 2.45) is 5.92 Å². The molecule has 2 heterocycles. The third-order valence-corrected chi connectivity index (χ3v) is 7.58. The van der Waals surface area contributed by atoms with E-state index in [1.54, 1.807) is 24.3 Å². The third kappa shape index (κ3) is 4.65. The van der Waals surface area contributed by atoms with E-state index in [0.717, 1.165) is 30.4 Å². The van der Waals surface area contributed by atoms with Crippen molar-refractivity contribution >= 4 is 31.7 Å². The summed E-state index contributed by atoms with van der Waals surface area (Å²) >= 11 is 3.45. The summed E-state index contributed by atoms with van der Waals surface area (Å²) in [6.07, 6.45) is 1.96. The van der Waals surface area contributed by atoms with Crippen LogP contribution in [0, 0.1) is 5.92 Å². The predicted molar refractivity (Wildman–Crippen MR) is 123 cm³/mol. The summed E-state index contributed by atoms with van der Waals surface area (Å²) in [5.41, 5.74) is 0.717. The molecule has 3 aromatic rings. The highest BCUT2D eigenvalue weighted by Crippen LogP contribution is 2.37. The maximum Gasteiger partial charge on any atom is 0.236 e. The Kier molecular flexibility index (Phi) is 6.39. The molecule has 1 aliphatic rings. The first-order valence-corrected chi connectivity index (χ1v) is 12.7. The van der Waals surface area contributed by atoms with E-state index in [4.69, 9.17) is 9.15 Å². The third-order valence-electron chi connectivity index (χ3n) is 5.42. The number of ether oxygens (including phenoxy) is 1. The number of nitrogens with zero attached hydrogens (tertiary/aromatic N) is 2. The number of sulfone groups is 1. The van der Waals surface area contributed by atoms with Crippen molar-refractivity contribution in [2.45, 2.75) is 36.6 Å². The summed E-state index contributed by atoms with van der Waals surface area (Å²) in [7, 11) is -3.88. The van der Waals surface area contributed by atoms with Crippen LogP contribution in [0.15, 0.2) is 67.3 Å². The van der Waals surface area contributed by atoms with Crippen LogP contribution in [0.2, 0.25) is 0 Å². The maximum atomic E-state index is 13.5. The van der Waals surface area contributed by atoms with E-state index >= 15 is 0 Å². The van der Waals surface area contributed by atoms with Gasteiger partial charge in [-0.05, 0) is 68.1 Å². The van der Waals surface area contributed by atoms with Gasteiger partial charge < -0.3 is 14.1 Å². The molecule has 2 aromatic carbocycles. The van der Waals surface area contributed by atoms with Crippen LogP contribution in [-0.2, 0) is 9.84 Å². The highest BCUT2D eigenvalue weighted by molar-refractivity contribution is 9.10. The van der Waals surface area contributed by atoms with Crippen molar-refractivity contribution < 1.29 is 17.6 Å². The fraction of sp³-hybridized carbons (Fsp3) is 0.348. The molecule has 0 spiro atoms. The Morgan fingerprint density at radius 3 is 2.52 bits per heavy atom. The Morgan fingerprint density at radius 1 is 1.16 bits per heavy atom. The lowest BCUT2D eigenvalue weighted by Gasteiger charge is -2.30. The van der Waals surface area contributed by atoms with E-state index < -0.39 is 9.84 Å². The van der Waals surface area contributed by atoms with E-state index in [9.17, 15) is 8.42 Å². The van der Waals surface area contributed by atoms with Crippen LogP contribution in [0.25, 0.3) is 11.5 Å². The topological polar surface area (TPSA) is 72.6 Å². The molecule has 0 unspecified atom stereocenters. The number of piperidine rings is 1. The molecule has 8 heteroatoms. The van der Waals surface area contributed by atoms with Gasteiger partial charge in [0.25, 0.3) is 0 Å². The molecule has 31 heavy (non-hydrogen) atoms. The number of halogens is 1. The zero-order valence-corrected chi connectivity index (χ0v) is 19.9. The van der Waals surface area contributed by atoms with Gasteiger partial charge in [0.05, 0.1) is 11.5 Å². The number of hydrogen-bond donors (Lipinski definition) is 0. The molecular formula is C23H25BrN2O4S. The summed E-state index contributed by atoms with van der Waals surface area (Å²) in [5, 5.41) is -0.0406. The Labute approximate surface area is 191 Å². The second-order valence-electron chi connectivity index (χ2n) is 7.72. The summed E-state index contributed by atoms with van der Waals surface area (Å²) in [6.45, 7) is 6.08. The molecule has 0 aliphatic carbocycles. The number of oxazole rings is 1. The average molecular weight is 505 g/mol. The Morgan fingerprint density at radius 2 is 1.87 bits per heavy atom. The second kappa shape index (κ2) is 9.04. The van der Waals surface area contributed by atoms with E-state index in [-0.39, 0.29) is 9.92 Å². The number of rotatable bonds is 6. The molecular weight excluding hydrogens is 480 g/mol. The van der Waals surface area contributed by atoms with E-state index in [1.165, 1.54) is 0 Å². The highest BCUT2D eigenvalue weighted by Gasteiger charge is 2.32. The number of anilines is 1. The van der Waals surface area contributed by atoms with E-state index in [1.807, 2.05) is 36.1 Å². The van der Waals surface area contributed by atoms with Crippen LogP contribution in [-0.4, -0.2) is 33.1 Å². The van der Waals surface area contributed by atoms with Crippen LogP contribution in [0.1, 0.15) is 26.7 Å². The molecule has 1 aliphatic heterocycles. The molecule has 0 bridgehead atoms. The average Bonchev–Trinajstić information content (AvgIpc) is 3.21. The van der Waals surface area contributed by atoms with Crippen LogP contribution in [0.5, 0.6) is 5.75 Å². The first-order chi connectivity index (χ1) is 14.9. The minimum Gasteiger partial charge on any atom is -0.494 e. The standard InChI is InChI=1S/C23H25BrN2O4S/c1-3-29-19-7-9-20(10-8-19)31(27,28)22-23(26-13-11-16(2)12-14-26)30-21(25-22)17-5-4-6-18(24)15-17/h4-10,15-16H,3,11-14H2,1-2H3. The molecule has 1 aromatic heterocycles. The van der Waals surface area contributed by atoms with Gasteiger partial charge in [-0.3, -0.25) is 0 Å². The van der Waals surface area contributed by atoms with Crippen LogP contribution in [0.4, 0.5) is 5.88 Å². The van der Waals surface area contributed by atoms with Crippen molar-refractivity contribution in [2.75, 3.05) is 24.6 Å².